The number of hydrogen-bond acceptors (Lipinski definition) is 3. The molecule has 0 amide bonds. The molecular weight excluding hydrogens is 400 g/mol. The zero-order valence-electron chi connectivity index (χ0n) is 17.4. The van der Waals surface area contributed by atoms with Gasteiger partial charge in [0.15, 0.2) is 11.2 Å². The third-order valence-corrected chi connectivity index (χ3v) is 7.11. The Kier molecular flexibility index (Phi) is 5.13. The molecule has 0 saturated carbocycles. The third kappa shape index (κ3) is 3.66. The molecule has 3 aromatic carbocycles. The van der Waals surface area contributed by atoms with E-state index in [1.54, 1.807) is 11.3 Å². The van der Waals surface area contributed by atoms with Crippen LogP contribution in [0.3, 0.4) is 0 Å². The van der Waals surface area contributed by atoms with Crippen LogP contribution in [0.4, 0.5) is 0 Å². The summed E-state index contributed by atoms with van der Waals surface area (Å²) in [5, 5.41) is 1.53. The minimum absolute atomic E-state index is 0.0813. The highest BCUT2D eigenvalue weighted by Gasteiger charge is 2.18. The van der Waals surface area contributed by atoms with E-state index in [0.717, 1.165) is 60.8 Å². The van der Waals surface area contributed by atoms with Gasteiger partial charge in [-0.3, -0.25) is 9.59 Å². The largest absolute Gasteiger partial charge is 0.289 e. The van der Waals surface area contributed by atoms with E-state index in [1.807, 2.05) is 73.7 Å². The van der Waals surface area contributed by atoms with Crippen molar-refractivity contribution in [2.75, 3.05) is 0 Å². The number of fused-ring (bicyclic) bond motifs is 2. The fourth-order valence-electron chi connectivity index (χ4n) is 4.33. The summed E-state index contributed by atoms with van der Waals surface area (Å²) in [6.45, 7) is 2.03. The third-order valence-electron chi connectivity index (χ3n) is 5.85. The Labute approximate surface area is 185 Å². The van der Waals surface area contributed by atoms with Crippen molar-refractivity contribution in [1.82, 2.24) is 0 Å². The SMILES string of the molecule is Cc1cc(Cc2ccccc2C(=O)C2=CC=CCC2)c2sc3ccccc3c(=O)c2c1. The molecule has 1 aliphatic rings. The van der Waals surface area contributed by atoms with Crippen molar-refractivity contribution < 1.29 is 4.79 Å². The molecule has 0 aliphatic heterocycles. The van der Waals surface area contributed by atoms with Gasteiger partial charge in [0.25, 0.3) is 0 Å². The van der Waals surface area contributed by atoms with Crippen molar-refractivity contribution in [3.63, 3.8) is 0 Å². The van der Waals surface area contributed by atoms with Gasteiger partial charge in [0.1, 0.15) is 0 Å². The van der Waals surface area contributed by atoms with E-state index in [0.29, 0.717) is 6.42 Å². The summed E-state index contributed by atoms with van der Waals surface area (Å²) in [5.74, 6) is 0.107. The van der Waals surface area contributed by atoms with Gasteiger partial charge in [0, 0.05) is 31.3 Å². The van der Waals surface area contributed by atoms with E-state index < -0.39 is 0 Å². The Balaban J connectivity index is 1.65. The Bertz CT molecular complexity index is 1450. The molecule has 152 valence electrons. The molecule has 0 fully saturated rings. The lowest BCUT2D eigenvalue weighted by molar-refractivity contribution is 0.103. The van der Waals surface area contributed by atoms with E-state index >= 15 is 0 Å². The van der Waals surface area contributed by atoms with Crippen LogP contribution in [-0.4, -0.2) is 5.78 Å². The van der Waals surface area contributed by atoms with Crippen molar-refractivity contribution in [2.45, 2.75) is 26.2 Å². The topological polar surface area (TPSA) is 34.1 Å². The van der Waals surface area contributed by atoms with Crippen LogP contribution in [-0.2, 0) is 6.42 Å². The van der Waals surface area contributed by atoms with Crippen LogP contribution >= 0.6 is 11.3 Å². The van der Waals surface area contributed by atoms with E-state index in [1.165, 1.54) is 0 Å². The smallest absolute Gasteiger partial charge is 0.195 e. The Morgan fingerprint density at radius 2 is 1.77 bits per heavy atom. The number of ketones is 1. The number of Topliss-reactive ketones (excluding diaryl/α,β-unsaturated/α-hetero) is 1. The number of rotatable bonds is 4. The van der Waals surface area contributed by atoms with Crippen molar-refractivity contribution in [3.8, 4) is 0 Å². The molecule has 0 saturated heterocycles. The van der Waals surface area contributed by atoms with Gasteiger partial charge in [0.05, 0.1) is 0 Å². The molecule has 0 atom stereocenters. The van der Waals surface area contributed by atoms with Crippen molar-refractivity contribution in [2.24, 2.45) is 0 Å². The predicted octanol–water partition coefficient (Wildman–Crippen LogP) is 6.77. The first-order valence-electron chi connectivity index (χ1n) is 10.6. The van der Waals surface area contributed by atoms with Crippen LogP contribution in [0.15, 0.2) is 89.3 Å². The number of carbonyl (C=O) groups excluding carboxylic acids is 1. The van der Waals surface area contributed by atoms with E-state index in [2.05, 4.69) is 12.1 Å². The minimum Gasteiger partial charge on any atom is -0.289 e. The zero-order chi connectivity index (χ0) is 21.4. The average molecular weight is 423 g/mol. The highest BCUT2D eigenvalue weighted by Crippen LogP contribution is 2.31. The fourth-order valence-corrected chi connectivity index (χ4v) is 5.49. The molecule has 0 bridgehead atoms. The molecule has 0 spiro atoms. The normalized spacial score (nSPS) is 13.5. The maximum Gasteiger partial charge on any atom is 0.195 e. The van der Waals surface area contributed by atoms with E-state index in [9.17, 15) is 9.59 Å². The molecule has 1 heterocycles. The molecule has 1 aliphatic carbocycles. The van der Waals surface area contributed by atoms with Gasteiger partial charge >= 0.3 is 0 Å². The predicted molar refractivity (Wildman–Crippen MR) is 130 cm³/mol. The molecule has 2 nitrogen and oxygen atoms in total. The summed E-state index contributed by atoms with van der Waals surface area (Å²) < 4.78 is 2.00. The molecule has 1 aromatic heterocycles. The molecule has 31 heavy (non-hydrogen) atoms. The zero-order valence-corrected chi connectivity index (χ0v) is 18.2. The standard InChI is InChI=1S/C28H22O2S/c1-18-15-21(28-24(16-18)27(30)23-13-7-8-14-25(23)31-28)17-20-11-5-6-12-22(20)26(29)19-9-3-2-4-10-19/h2-3,5-9,11-16H,4,10,17H2,1H3. The second kappa shape index (κ2) is 8.09. The lowest BCUT2D eigenvalue weighted by Gasteiger charge is -2.14. The number of aryl methyl sites for hydroxylation is 1. The number of allylic oxidation sites excluding steroid dienone is 4. The van der Waals surface area contributed by atoms with Gasteiger partial charge in [-0.05, 0) is 55.5 Å². The van der Waals surface area contributed by atoms with Crippen molar-refractivity contribution in [3.05, 3.63) is 117 Å². The molecular formula is C28H22O2S. The summed E-state index contributed by atoms with van der Waals surface area (Å²) in [6.07, 6.45) is 8.30. The summed E-state index contributed by atoms with van der Waals surface area (Å²) in [5.41, 5.74) is 4.86. The molecule has 4 aromatic rings. The molecule has 0 N–H and O–H groups in total. The molecule has 0 unspecified atom stereocenters. The first-order chi connectivity index (χ1) is 15.1. The quantitative estimate of drug-likeness (QED) is 0.268. The first kappa shape index (κ1) is 19.7. The highest BCUT2D eigenvalue weighted by molar-refractivity contribution is 7.24. The van der Waals surface area contributed by atoms with Crippen LogP contribution in [0.5, 0.6) is 0 Å². The van der Waals surface area contributed by atoms with Crippen LogP contribution in [0, 0.1) is 6.92 Å². The second-order valence-corrected chi connectivity index (χ2v) is 9.10. The van der Waals surface area contributed by atoms with Gasteiger partial charge in [-0.2, -0.15) is 0 Å². The lowest BCUT2D eigenvalue weighted by atomic mass is 9.90. The maximum absolute atomic E-state index is 13.2. The van der Waals surface area contributed by atoms with Crippen LogP contribution in [0.25, 0.3) is 20.2 Å². The molecule has 0 radical (unpaired) electrons. The van der Waals surface area contributed by atoms with Gasteiger partial charge in [0.2, 0.25) is 0 Å². The minimum atomic E-state index is 0.0813. The Hall–Kier alpha value is -3.30. The monoisotopic (exact) mass is 422 g/mol. The highest BCUT2D eigenvalue weighted by atomic mass is 32.1. The molecule has 3 heteroatoms. The van der Waals surface area contributed by atoms with Crippen LogP contribution in [0.2, 0.25) is 0 Å². The molecule has 5 rings (SSSR count). The first-order valence-corrected chi connectivity index (χ1v) is 11.4. The Morgan fingerprint density at radius 1 is 0.968 bits per heavy atom. The summed E-state index contributed by atoms with van der Waals surface area (Å²) in [4.78, 5) is 26.4. The number of carbonyl (C=O) groups is 1. The second-order valence-electron chi connectivity index (χ2n) is 8.05. The van der Waals surface area contributed by atoms with Crippen molar-refractivity contribution >= 4 is 37.3 Å². The van der Waals surface area contributed by atoms with E-state index in [-0.39, 0.29) is 11.2 Å². The van der Waals surface area contributed by atoms with E-state index in [4.69, 9.17) is 0 Å². The van der Waals surface area contributed by atoms with Crippen molar-refractivity contribution in [1.29, 1.82) is 0 Å². The van der Waals surface area contributed by atoms with Crippen LogP contribution < -0.4 is 5.43 Å². The Morgan fingerprint density at radius 3 is 2.61 bits per heavy atom. The summed E-state index contributed by atoms with van der Waals surface area (Å²) in [6, 6.07) is 19.8. The van der Waals surface area contributed by atoms with Gasteiger partial charge in [-0.25, -0.2) is 0 Å². The lowest BCUT2D eigenvalue weighted by Crippen LogP contribution is -2.09. The van der Waals surface area contributed by atoms with Crippen LogP contribution in [0.1, 0.15) is 39.9 Å². The maximum atomic E-state index is 13.2. The van der Waals surface area contributed by atoms with Gasteiger partial charge < -0.3 is 0 Å². The number of hydrogen-bond donors (Lipinski definition) is 0. The number of benzene rings is 3. The summed E-state index contributed by atoms with van der Waals surface area (Å²) in [7, 11) is 0. The summed E-state index contributed by atoms with van der Waals surface area (Å²) >= 11 is 1.66. The fraction of sp³-hybridized carbons (Fsp3) is 0.143. The average Bonchev–Trinajstić information content (AvgIpc) is 2.80. The van der Waals surface area contributed by atoms with Gasteiger partial charge in [-0.15, -0.1) is 11.3 Å². The van der Waals surface area contributed by atoms with Gasteiger partial charge in [-0.1, -0.05) is 66.3 Å².